The van der Waals surface area contributed by atoms with Crippen molar-refractivity contribution in [1.82, 2.24) is 5.32 Å². The molecule has 2 heterocycles. The van der Waals surface area contributed by atoms with E-state index in [9.17, 15) is 0 Å². The highest BCUT2D eigenvalue weighted by atomic mass is 35.5. The molecule has 0 aliphatic carbocycles. The summed E-state index contributed by atoms with van der Waals surface area (Å²) in [6, 6.07) is 4.35. The molecule has 5 heteroatoms. The topological polar surface area (TPSA) is 39.7 Å². The van der Waals surface area contributed by atoms with E-state index in [4.69, 9.17) is 25.8 Å². The highest BCUT2D eigenvalue weighted by Crippen LogP contribution is 2.39. The summed E-state index contributed by atoms with van der Waals surface area (Å²) in [5.74, 6) is 1.99. The van der Waals surface area contributed by atoms with Gasteiger partial charge in [-0.05, 0) is 37.0 Å². The molecule has 2 atom stereocenters. The number of hydrogen-bond donors (Lipinski definition) is 1. The normalized spacial score (nSPS) is 22.7. The SMILES string of the molecule is CC(NCc1cc(Cl)c2c(c1)OCO2)C1CCOC1. The second-order valence-corrected chi connectivity index (χ2v) is 5.51. The van der Waals surface area contributed by atoms with Gasteiger partial charge >= 0.3 is 0 Å². The van der Waals surface area contributed by atoms with E-state index in [1.54, 1.807) is 0 Å². The summed E-state index contributed by atoms with van der Waals surface area (Å²) in [6.45, 7) is 4.96. The van der Waals surface area contributed by atoms with Gasteiger partial charge in [0.15, 0.2) is 11.5 Å². The second kappa shape index (κ2) is 5.57. The van der Waals surface area contributed by atoms with Gasteiger partial charge in [0.25, 0.3) is 0 Å². The van der Waals surface area contributed by atoms with E-state index in [-0.39, 0.29) is 6.79 Å². The van der Waals surface area contributed by atoms with Crippen LogP contribution < -0.4 is 14.8 Å². The molecule has 0 radical (unpaired) electrons. The van der Waals surface area contributed by atoms with Gasteiger partial charge in [0.1, 0.15) is 0 Å². The largest absolute Gasteiger partial charge is 0.454 e. The zero-order valence-electron chi connectivity index (χ0n) is 10.9. The molecule has 1 fully saturated rings. The fraction of sp³-hybridized carbons (Fsp3) is 0.571. The van der Waals surface area contributed by atoms with Crippen LogP contribution in [0.5, 0.6) is 11.5 Å². The first-order valence-electron chi connectivity index (χ1n) is 6.63. The molecule has 104 valence electrons. The maximum absolute atomic E-state index is 6.16. The minimum absolute atomic E-state index is 0.252. The van der Waals surface area contributed by atoms with Crippen LogP contribution in [-0.2, 0) is 11.3 Å². The Morgan fingerprint density at radius 1 is 1.42 bits per heavy atom. The van der Waals surface area contributed by atoms with Gasteiger partial charge in [0.2, 0.25) is 6.79 Å². The standard InChI is InChI=1S/C14H18ClNO3/c1-9(11-2-3-17-7-11)16-6-10-4-12(15)14-13(5-10)18-8-19-14/h4-5,9,11,16H,2-3,6-8H2,1H3. The fourth-order valence-corrected chi connectivity index (χ4v) is 2.80. The van der Waals surface area contributed by atoms with E-state index in [0.717, 1.165) is 37.5 Å². The van der Waals surface area contributed by atoms with Crippen molar-refractivity contribution in [2.45, 2.75) is 25.9 Å². The lowest BCUT2D eigenvalue weighted by molar-refractivity contribution is 0.174. The Hall–Kier alpha value is -0.970. The van der Waals surface area contributed by atoms with Gasteiger partial charge in [-0.25, -0.2) is 0 Å². The van der Waals surface area contributed by atoms with Gasteiger partial charge in [-0.15, -0.1) is 0 Å². The van der Waals surface area contributed by atoms with E-state index in [0.29, 0.717) is 22.7 Å². The number of halogens is 1. The van der Waals surface area contributed by atoms with Crippen molar-refractivity contribution in [3.05, 3.63) is 22.7 Å². The summed E-state index contributed by atoms with van der Waals surface area (Å²) in [7, 11) is 0. The third kappa shape index (κ3) is 2.81. The summed E-state index contributed by atoms with van der Waals surface area (Å²) in [5.41, 5.74) is 1.11. The maximum atomic E-state index is 6.16. The zero-order chi connectivity index (χ0) is 13.2. The van der Waals surface area contributed by atoms with Gasteiger partial charge in [0.05, 0.1) is 11.6 Å². The molecular formula is C14H18ClNO3. The predicted molar refractivity (Wildman–Crippen MR) is 72.8 cm³/mol. The van der Waals surface area contributed by atoms with E-state index in [1.165, 1.54) is 0 Å². The molecule has 4 nitrogen and oxygen atoms in total. The summed E-state index contributed by atoms with van der Waals surface area (Å²) < 4.78 is 16.1. The Bertz CT molecular complexity index is 460. The molecule has 19 heavy (non-hydrogen) atoms. The van der Waals surface area contributed by atoms with Crippen molar-refractivity contribution in [2.24, 2.45) is 5.92 Å². The van der Waals surface area contributed by atoms with Gasteiger partial charge in [0, 0.05) is 19.2 Å². The van der Waals surface area contributed by atoms with Gasteiger partial charge in [-0.1, -0.05) is 11.6 Å². The molecule has 0 spiro atoms. The minimum atomic E-state index is 0.252. The first-order valence-corrected chi connectivity index (χ1v) is 7.01. The minimum Gasteiger partial charge on any atom is -0.454 e. The smallest absolute Gasteiger partial charge is 0.231 e. The monoisotopic (exact) mass is 283 g/mol. The summed E-state index contributed by atoms with van der Waals surface area (Å²) in [4.78, 5) is 0. The first-order chi connectivity index (χ1) is 9.24. The Kier molecular flexibility index (Phi) is 3.82. The van der Waals surface area contributed by atoms with Crippen LogP contribution in [0.1, 0.15) is 18.9 Å². The third-order valence-electron chi connectivity index (χ3n) is 3.79. The number of hydrogen-bond acceptors (Lipinski definition) is 4. The van der Waals surface area contributed by atoms with Crippen molar-refractivity contribution in [1.29, 1.82) is 0 Å². The van der Waals surface area contributed by atoms with Crippen LogP contribution in [0, 0.1) is 5.92 Å². The Morgan fingerprint density at radius 3 is 3.11 bits per heavy atom. The molecule has 2 aliphatic heterocycles. The van der Waals surface area contributed by atoms with Crippen LogP contribution in [0.4, 0.5) is 0 Å². The molecule has 1 aromatic carbocycles. The zero-order valence-corrected chi connectivity index (χ0v) is 11.7. The molecule has 2 unspecified atom stereocenters. The summed E-state index contributed by atoms with van der Waals surface area (Å²) in [6.07, 6.45) is 1.13. The predicted octanol–water partition coefficient (Wildman–Crippen LogP) is 2.58. The van der Waals surface area contributed by atoms with Crippen LogP contribution in [0.25, 0.3) is 0 Å². The Morgan fingerprint density at radius 2 is 2.32 bits per heavy atom. The molecule has 0 aromatic heterocycles. The van der Waals surface area contributed by atoms with Gasteiger partial charge in [-0.2, -0.15) is 0 Å². The Labute approximate surface area is 118 Å². The average Bonchev–Trinajstić information content (AvgIpc) is 3.06. The quantitative estimate of drug-likeness (QED) is 0.922. The number of nitrogens with one attached hydrogen (secondary N) is 1. The Balaban J connectivity index is 1.62. The number of rotatable bonds is 4. The molecule has 3 rings (SSSR count). The number of benzene rings is 1. The van der Waals surface area contributed by atoms with E-state index in [2.05, 4.69) is 12.2 Å². The van der Waals surface area contributed by atoms with E-state index < -0.39 is 0 Å². The van der Waals surface area contributed by atoms with Crippen LogP contribution in [-0.4, -0.2) is 26.0 Å². The summed E-state index contributed by atoms with van der Waals surface area (Å²) in [5, 5.41) is 4.14. The summed E-state index contributed by atoms with van der Waals surface area (Å²) >= 11 is 6.16. The van der Waals surface area contributed by atoms with Crippen molar-refractivity contribution in [3.63, 3.8) is 0 Å². The van der Waals surface area contributed by atoms with E-state index in [1.807, 2.05) is 12.1 Å². The van der Waals surface area contributed by atoms with Crippen LogP contribution in [0.15, 0.2) is 12.1 Å². The molecule has 0 amide bonds. The average molecular weight is 284 g/mol. The molecule has 0 saturated carbocycles. The lowest BCUT2D eigenvalue weighted by atomic mass is 10.0. The van der Waals surface area contributed by atoms with Crippen LogP contribution in [0.2, 0.25) is 5.02 Å². The van der Waals surface area contributed by atoms with Gasteiger partial charge in [-0.3, -0.25) is 0 Å². The molecule has 0 bridgehead atoms. The van der Waals surface area contributed by atoms with Crippen molar-refractivity contribution >= 4 is 11.6 Å². The molecular weight excluding hydrogens is 266 g/mol. The maximum Gasteiger partial charge on any atom is 0.231 e. The van der Waals surface area contributed by atoms with Crippen LogP contribution >= 0.6 is 11.6 Å². The van der Waals surface area contributed by atoms with Crippen molar-refractivity contribution in [3.8, 4) is 11.5 Å². The lowest BCUT2D eigenvalue weighted by Crippen LogP contribution is -2.33. The molecule has 1 aromatic rings. The highest BCUT2D eigenvalue weighted by molar-refractivity contribution is 6.32. The second-order valence-electron chi connectivity index (χ2n) is 5.10. The molecule has 1 N–H and O–H groups in total. The number of ether oxygens (including phenoxy) is 3. The lowest BCUT2D eigenvalue weighted by Gasteiger charge is -2.19. The molecule has 2 aliphatic rings. The first kappa shape index (κ1) is 13.0. The van der Waals surface area contributed by atoms with Crippen molar-refractivity contribution < 1.29 is 14.2 Å². The van der Waals surface area contributed by atoms with Crippen LogP contribution in [0.3, 0.4) is 0 Å². The molecule has 1 saturated heterocycles. The van der Waals surface area contributed by atoms with Gasteiger partial charge < -0.3 is 19.5 Å². The van der Waals surface area contributed by atoms with E-state index >= 15 is 0 Å². The van der Waals surface area contributed by atoms with Crippen molar-refractivity contribution in [2.75, 3.05) is 20.0 Å². The number of fused-ring (bicyclic) bond motifs is 1. The third-order valence-corrected chi connectivity index (χ3v) is 4.07. The highest BCUT2D eigenvalue weighted by Gasteiger charge is 2.22. The fourth-order valence-electron chi connectivity index (χ4n) is 2.52.